The summed E-state index contributed by atoms with van der Waals surface area (Å²) >= 11 is 0. The van der Waals surface area contributed by atoms with Crippen molar-refractivity contribution < 1.29 is 9.53 Å². The smallest absolute Gasteiger partial charge is 0.316 e. The van der Waals surface area contributed by atoms with E-state index in [2.05, 4.69) is 5.53 Å². The number of ether oxygens (including phenoxy) is 1. The molecule has 19 heavy (non-hydrogen) atoms. The lowest BCUT2D eigenvalue weighted by atomic mass is 9.73. The largest absolute Gasteiger partial charge is 0.465 e. The number of hydrazine groups is 2. The minimum Gasteiger partial charge on any atom is -0.465 e. The van der Waals surface area contributed by atoms with Crippen molar-refractivity contribution in [2.75, 3.05) is 19.7 Å². The van der Waals surface area contributed by atoms with Crippen LogP contribution in [0, 0.1) is 0 Å². The molecule has 1 fully saturated rings. The number of hydrogen-bond acceptors (Lipinski definition) is 5. The average molecular weight is 263 g/mol. The summed E-state index contributed by atoms with van der Waals surface area (Å²) in [4.78, 5) is 12.4. The Morgan fingerprint density at radius 3 is 2.53 bits per heavy atom. The van der Waals surface area contributed by atoms with Gasteiger partial charge < -0.3 is 4.74 Å². The molecule has 0 spiro atoms. The van der Waals surface area contributed by atoms with Gasteiger partial charge >= 0.3 is 5.97 Å². The minimum absolute atomic E-state index is 0.127. The van der Waals surface area contributed by atoms with Gasteiger partial charge in [0.2, 0.25) is 0 Å². The van der Waals surface area contributed by atoms with Crippen LogP contribution in [0.25, 0.3) is 0 Å². The third-order valence-corrected chi connectivity index (χ3v) is 3.79. The van der Waals surface area contributed by atoms with Crippen LogP contribution in [-0.2, 0) is 14.9 Å². The van der Waals surface area contributed by atoms with Crippen molar-refractivity contribution in [1.29, 1.82) is 0 Å². The van der Waals surface area contributed by atoms with E-state index in [1.165, 1.54) is 0 Å². The fraction of sp³-hybridized carbons (Fsp3) is 0.500. The van der Waals surface area contributed by atoms with Gasteiger partial charge in [0, 0.05) is 13.1 Å². The highest BCUT2D eigenvalue weighted by molar-refractivity contribution is 5.83. The van der Waals surface area contributed by atoms with Crippen LogP contribution in [0.3, 0.4) is 0 Å². The molecule has 0 bridgehead atoms. The molecule has 5 heteroatoms. The van der Waals surface area contributed by atoms with Crippen LogP contribution in [0.15, 0.2) is 30.3 Å². The van der Waals surface area contributed by atoms with Crippen LogP contribution >= 0.6 is 0 Å². The molecule has 1 aromatic rings. The molecular formula is C14H21N3O2. The van der Waals surface area contributed by atoms with Gasteiger partial charge in [0.05, 0.1) is 12.0 Å². The Bertz CT molecular complexity index is 414. The van der Waals surface area contributed by atoms with Gasteiger partial charge in [-0.05, 0) is 25.3 Å². The number of esters is 1. The Morgan fingerprint density at radius 2 is 2.00 bits per heavy atom. The molecule has 0 radical (unpaired) electrons. The van der Waals surface area contributed by atoms with E-state index >= 15 is 0 Å². The molecule has 0 aliphatic carbocycles. The van der Waals surface area contributed by atoms with E-state index in [1.807, 2.05) is 42.3 Å². The highest BCUT2D eigenvalue weighted by atomic mass is 16.5. The topological polar surface area (TPSA) is 67.6 Å². The second kappa shape index (κ2) is 6.14. The monoisotopic (exact) mass is 263 g/mol. The van der Waals surface area contributed by atoms with E-state index in [0.717, 1.165) is 18.7 Å². The first-order valence-corrected chi connectivity index (χ1v) is 6.67. The first kappa shape index (κ1) is 14.0. The standard InChI is InChI=1S/C14H21N3O2/c1-2-19-13(18)14(12-6-4-3-5-7-12)8-10-17(16-15)11-9-14/h3-7,16H,2,8-11,15H2,1H3. The number of nitrogens with two attached hydrogens (primary N) is 1. The van der Waals surface area contributed by atoms with Crippen molar-refractivity contribution in [1.82, 2.24) is 10.5 Å². The third kappa shape index (κ3) is 2.78. The van der Waals surface area contributed by atoms with Crippen LogP contribution in [0.5, 0.6) is 0 Å². The second-order valence-electron chi connectivity index (χ2n) is 4.78. The lowest BCUT2D eigenvalue weighted by Gasteiger charge is -2.39. The molecule has 1 aliphatic rings. The van der Waals surface area contributed by atoms with Crippen molar-refractivity contribution in [2.24, 2.45) is 5.84 Å². The van der Waals surface area contributed by atoms with Crippen molar-refractivity contribution in [3.8, 4) is 0 Å². The number of carbonyl (C=O) groups excluding carboxylic acids is 1. The lowest BCUT2D eigenvalue weighted by molar-refractivity contribution is -0.152. The van der Waals surface area contributed by atoms with E-state index in [-0.39, 0.29) is 5.97 Å². The summed E-state index contributed by atoms with van der Waals surface area (Å²) in [5, 5.41) is 1.92. The number of nitrogens with zero attached hydrogens (tertiary/aromatic N) is 1. The van der Waals surface area contributed by atoms with Crippen LogP contribution in [-0.4, -0.2) is 30.7 Å². The van der Waals surface area contributed by atoms with Gasteiger partial charge in [-0.25, -0.2) is 5.01 Å². The minimum atomic E-state index is -0.537. The molecule has 104 valence electrons. The molecule has 3 N–H and O–H groups in total. The van der Waals surface area contributed by atoms with E-state index in [4.69, 9.17) is 10.6 Å². The number of piperidine rings is 1. The van der Waals surface area contributed by atoms with E-state index < -0.39 is 5.41 Å². The highest BCUT2D eigenvalue weighted by Gasteiger charge is 2.44. The summed E-state index contributed by atoms with van der Waals surface area (Å²) in [5.74, 6) is 5.30. The summed E-state index contributed by atoms with van der Waals surface area (Å²) in [7, 11) is 0. The molecule has 1 saturated heterocycles. The maximum atomic E-state index is 12.4. The molecular weight excluding hydrogens is 242 g/mol. The van der Waals surface area contributed by atoms with Gasteiger partial charge in [-0.15, -0.1) is 0 Å². The predicted molar refractivity (Wildman–Crippen MR) is 72.9 cm³/mol. The van der Waals surface area contributed by atoms with Crippen molar-refractivity contribution in [3.05, 3.63) is 35.9 Å². The number of benzene rings is 1. The van der Waals surface area contributed by atoms with Crippen LogP contribution in [0.4, 0.5) is 0 Å². The molecule has 0 aromatic heterocycles. The Labute approximate surface area is 113 Å². The van der Waals surface area contributed by atoms with Crippen LogP contribution < -0.4 is 11.4 Å². The molecule has 0 saturated carbocycles. The second-order valence-corrected chi connectivity index (χ2v) is 4.78. The Balaban J connectivity index is 2.27. The zero-order valence-corrected chi connectivity index (χ0v) is 11.3. The third-order valence-electron chi connectivity index (χ3n) is 3.79. The number of hydrogen-bond donors (Lipinski definition) is 2. The molecule has 1 aromatic carbocycles. The molecule has 1 heterocycles. The normalized spacial score (nSPS) is 19.1. The zero-order chi connectivity index (χ0) is 13.7. The van der Waals surface area contributed by atoms with Crippen LogP contribution in [0.1, 0.15) is 25.3 Å². The lowest BCUT2D eigenvalue weighted by Crippen LogP contribution is -2.53. The maximum Gasteiger partial charge on any atom is 0.316 e. The van der Waals surface area contributed by atoms with Crippen molar-refractivity contribution in [2.45, 2.75) is 25.2 Å². The van der Waals surface area contributed by atoms with Gasteiger partial charge in [-0.1, -0.05) is 30.3 Å². The molecule has 0 amide bonds. The summed E-state index contributed by atoms with van der Waals surface area (Å²) in [6.07, 6.45) is 1.42. The SMILES string of the molecule is CCOC(=O)C1(c2ccccc2)CCN(NN)CC1. The van der Waals surface area contributed by atoms with Gasteiger partial charge in [0.25, 0.3) is 0 Å². The van der Waals surface area contributed by atoms with Gasteiger partial charge in [0.15, 0.2) is 0 Å². The van der Waals surface area contributed by atoms with Crippen LogP contribution in [0.2, 0.25) is 0 Å². The maximum absolute atomic E-state index is 12.4. The summed E-state index contributed by atoms with van der Waals surface area (Å²) in [6, 6.07) is 9.89. The first-order valence-electron chi connectivity index (χ1n) is 6.67. The summed E-state index contributed by atoms with van der Waals surface area (Å²) < 4.78 is 5.30. The van der Waals surface area contributed by atoms with Gasteiger partial charge in [-0.2, -0.15) is 5.53 Å². The highest BCUT2D eigenvalue weighted by Crippen LogP contribution is 2.36. The fourth-order valence-corrected chi connectivity index (χ4v) is 2.65. The first-order chi connectivity index (χ1) is 9.23. The van der Waals surface area contributed by atoms with E-state index in [0.29, 0.717) is 19.4 Å². The number of nitrogens with one attached hydrogen (secondary N) is 1. The number of rotatable bonds is 4. The molecule has 2 rings (SSSR count). The molecule has 0 atom stereocenters. The van der Waals surface area contributed by atoms with E-state index in [1.54, 1.807) is 0 Å². The Hall–Kier alpha value is -1.43. The predicted octanol–water partition coefficient (Wildman–Crippen LogP) is 0.962. The van der Waals surface area contributed by atoms with Crippen molar-refractivity contribution >= 4 is 5.97 Å². The quantitative estimate of drug-likeness (QED) is 0.481. The number of carbonyl (C=O) groups is 1. The molecule has 5 nitrogen and oxygen atoms in total. The molecule has 1 aliphatic heterocycles. The summed E-state index contributed by atoms with van der Waals surface area (Å²) in [5.41, 5.74) is 3.14. The van der Waals surface area contributed by atoms with Crippen molar-refractivity contribution in [3.63, 3.8) is 0 Å². The zero-order valence-electron chi connectivity index (χ0n) is 11.3. The molecule has 0 unspecified atom stereocenters. The van der Waals surface area contributed by atoms with Gasteiger partial charge in [0.1, 0.15) is 0 Å². The Morgan fingerprint density at radius 1 is 1.37 bits per heavy atom. The Kier molecular flexibility index (Phi) is 4.52. The van der Waals surface area contributed by atoms with Gasteiger partial charge in [-0.3, -0.25) is 10.6 Å². The fourth-order valence-electron chi connectivity index (χ4n) is 2.65. The summed E-state index contributed by atoms with van der Waals surface area (Å²) in [6.45, 7) is 3.70. The van der Waals surface area contributed by atoms with E-state index in [9.17, 15) is 4.79 Å². The average Bonchev–Trinajstić information content (AvgIpc) is 2.48.